The Hall–Kier alpha value is -8.14. The summed E-state index contributed by atoms with van der Waals surface area (Å²) < 4.78 is 0. The van der Waals surface area contributed by atoms with Gasteiger partial charge in [0.05, 0.1) is 0 Å². The summed E-state index contributed by atoms with van der Waals surface area (Å²) in [5.41, 5.74) is 25.5. The highest BCUT2D eigenvalue weighted by molar-refractivity contribution is 6.93. The van der Waals surface area contributed by atoms with Crippen molar-refractivity contribution < 1.29 is 0 Å². The fourth-order valence-electron chi connectivity index (χ4n) is 10.4. The summed E-state index contributed by atoms with van der Waals surface area (Å²) in [5, 5.41) is 0. The van der Waals surface area contributed by atoms with Crippen molar-refractivity contribution in [3.63, 3.8) is 0 Å². The van der Waals surface area contributed by atoms with Crippen LogP contribution in [0.2, 0.25) is 0 Å². The summed E-state index contributed by atoms with van der Waals surface area (Å²) in [7, 11) is 0. The number of rotatable bonds is 7. The summed E-state index contributed by atoms with van der Waals surface area (Å²) in [5.74, 6) is 0. The summed E-state index contributed by atoms with van der Waals surface area (Å²) in [6, 6.07) is 87.3. The maximum atomic E-state index is 2.62. The van der Waals surface area contributed by atoms with Gasteiger partial charge >= 0.3 is 6.85 Å². The van der Waals surface area contributed by atoms with Gasteiger partial charge < -0.3 is 9.71 Å². The molecule has 10 aromatic carbocycles. The van der Waals surface area contributed by atoms with Crippen molar-refractivity contribution in [1.82, 2.24) is 0 Å². The van der Waals surface area contributed by atoms with Crippen molar-refractivity contribution in [2.24, 2.45) is 0 Å². The molecule has 65 heavy (non-hydrogen) atoms. The molecule has 0 fully saturated rings. The molecule has 2 aliphatic heterocycles. The van der Waals surface area contributed by atoms with Crippen LogP contribution in [-0.4, -0.2) is 6.85 Å². The zero-order valence-electron chi connectivity index (χ0n) is 36.5. The first-order valence-electron chi connectivity index (χ1n) is 22.6. The van der Waals surface area contributed by atoms with Crippen LogP contribution in [-0.2, 0) is 0 Å². The third kappa shape index (κ3) is 6.67. The van der Waals surface area contributed by atoms with Gasteiger partial charge in [-0.15, -0.1) is 0 Å². The average molecular weight is 829 g/mol. The van der Waals surface area contributed by atoms with Gasteiger partial charge in [-0.05, 0) is 152 Å². The van der Waals surface area contributed by atoms with Gasteiger partial charge in [-0.2, -0.15) is 0 Å². The van der Waals surface area contributed by atoms with Crippen molar-refractivity contribution in [2.45, 2.75) is 13.8 Å². The molecule has 306 valence electrons. The lowest BCUT2D eigenvalue weighted by Gasteiger charge is -2.46. The molecule has 12 rings (SSSR count). The standard InChI is InChI=1S/C62H45BN2/c1-42-16-15-17-43(2)61(42)52-39-56-55-38-50(46-22-11-5-12-23-46)30-36-58(55)65(54-34-28-49(29-35-54)45-20-9-4-10-21-45)63-57-40-51(47-24-13-6-14-25-47)31-37-59(57)64(60(41-52)62(56)63)53-32-26-48(27-33-53)44-18-7-3-8-19-44/h3-41H,1-2H3. The topological polar surface area (TPSA) is 6.48 Å². The zero-order valence-corrected chi connectivity index (χ0v) is 36.5. The first kappa shape index (κ1) is 38.5. The first-order chi connectivity index (χ1) is 32.1. The van der Waals surface area contributed by atoms with E-state index < -0.39 is 0 Å². The molecule has 0 saturated carbocycles. The van der Waals surface area contributed by atoms with Crippen molar-refractivity contribution >= 4 is 46.2 Å². The van der Waals surface area contributed by atoms with Crippen molar-refractivity contribution in [3.05, 3.63) is 248 Å². The maximum absolute atomic E-state index is 2.62. The van der Waals surface area contributed by atoms with Crippen LogP contribution in [0.4, 0.5) is 28.4 Å². The van der Waals surface area contributed by atoms with Gasteiger partial charge in [-0.25, -0.2) is 0 Å². The molecule has 0 atom stereocenters. The largest absolute Gasteiger partial charge is 0.376 e. The smallest absolute Gasteiger partial charge is 0.333 e. The van der Waals surface area contributed by atoms with E-state index in [4.69, 9.17) is 0 Å². The van der Waals surface area contributed by atoms with Crippen molar-refractivity contribution in [3.8, 4) is 66.8 Å². The molecule has 0 radical (unpaired) electrons. The SMILES string of the molecule is Cc1cccc(C)c1-c1cc2c3c(c1)N(c1ccc(-c4ccccc4)cc1)c1ccc(-c4ccccc4)cc1B3N(c1ccc(-c3ccccc3)cc1)c1ccc(-c3ccccc3)cc1-2. The Labute approximate surface area is 382 Å². The van der Waals surface area contributed by atoms with E-state index in [1.807, 2.05) is 0 Å². The molecule has 2 nitrogen and oxygen atoms in total. The minimum atomic E-state index is -0.136. The van der Waals surface area contributed by atoms with E-state index in [-0.39, 0.29) is 6.85 Å². The molecule has 0 aromatic heterocycles. The monoisotopic (exact) mass is 828 g/mol. The normalized spacial score (nSPS) is 12.4. The molecule has 0 N–H and O–H groups in total. The third-order valence-electron chi connectivity index (χ3n) is 13.5. The Morgan fingerprint density at radius 2 is 0.738 bits per heavy atom. The molecule has 3 heteroatoms. The Morgan fingerprint density at radius 3 is 1.28 bits per heavy atom. The summed E-state index contributed by atoms with van der Waals surface area (Å²) >= 11 is 0. The lowest BCUT2D eigenvalue weighted by Crippen LogP contribution is -2.61. The van der Waals surface area contributed by atoms with Crippen LogP contribution in [0, 0.1) is 13.8 Å². The first-order valence-corrected chi connectivity index (χ1v) is 22.6. The van der Waals surface area contributed by atoms with E-state index in [9.17, 15) is 0 Å². The number of fused-ring (bicyclic) bond motifs is 4. The Balaban J connectivity index is 1.17. The molecule has 2 aliphatic rings. The minimum absolute atomic E-state index is 0.136. The predicted octanol–water partition coefficient (Wildman–Crippen LogP) is 15.3. The number of aryl methyl sites for hydroxylation is 2. The van der Waals surface area contributed by atoms with Crippen molar-refractivity contribution in [1.29, 1.82) is 0 Å². The lowest BCUT2D eigenvalue weighted by molar-refractivity contribution is 1.27. The van der Waals surface area contributed by atoms with Gasteiger partial charge in [-0.1, -0.05) is 182 Å². The molecule has 0 amide bonds. The van der Waals surface area contributed by atoms with Gasteiger partial charge in [0.25, 0.3) is 0 Å². The molecule has 2 heterocycles. The highest BCUT2D eigenvalue weighted by Crippen LogP contribution is 2.50. The number of benzene rings is 10. The van der Waals surface area contributed by atoms with Gasteiger partial charge in [0, 0.05) is 34.0 Å². The van der Waals surface area contributed by atoms with Crippen LogP contribution in [0.5, 0.6) is 0 Å². The van der Waals surface area contributed by atoms with Crippen LogP contribution in [0.3, 0.4) is 0 Å². The van der Waals surface area contributed by atoms with Gasteiger partial charge in [0.2, 0.25) is 0 Å². The molecular formula is C62H45BN2. The molecule has 0 bridgehead atoms. The quantitative estimate of drug-likeness (QED) is 0.148. The summed E-state index contributed by atoms with van der Waals surface area (Å²) in [4.78, 5) is 5.15. The average Bonchev–Trinajstić information content (AvgIpc) is 3.37. The number of anilines is 5. The van der Waals surface area contributed by atoms with Crippen LogP contribution < -0.4 is 20.6 Å². The predicted molar refractivity (Wildman–Crippen MR) is 277 cm³/mol. The van der Waals surface area contributed by atoms with Gasteiger partial charge in [-0.3, -0.25) is 0 Å². The van der Waals surface area contributed by atoms with Crippen LogP contribution in [0.25, 0.3) is 66.8 Å². The van der Waals surface area contributed by atoms with E-state index in [0.29, 0.717) is 0 Å². The summed E-state index contributed by atoms with van der Waals surface area (Å²) in [6.45, 7) is 4.36. The van der Waals surface area contributed by atoms with Gasteiger partial charge in [0.1, 0.15) is 0 Å². The molecule has 0 saturated heterocycles. The molecule has 10 aromatic rings. The number of nitrogens with zero attached hydrogens (tertiary/aromatic N) is 2. The molecule has 0 spiro atoms. The highest BCUT2D eigenvalue weighted by Gasteiger charge is 2.45. The zero-order chi connectivity index (χ0) is 43.4. The van der Waals surface area contributed by atoms with Crippen LogP contribution in [0.1, 0.15) is 11.1 Å². The lowest BCUT2D eigenvalue weighted by atomic mass is 9.43. The minimum Gasteiger partial charge on any atom is -0.376 e. The second-order valence-electron chi connectivity index (χ2n) is 17.4. The van der Waals surface area contributed by atoms with Crippen molar-refractivity contribution in [2.75, 3.05) is 9.71 Å². The highest BCUT2D eigenvalue weighted by atomic mass is 15.2. The third-order valence-corrected chi connectivity index (χ3v) is 13.5. The Morgan fingerprint density at radius 1 is 0.308 bits per heavy atom. The number of hydrogen-bond acceptors (Lipinski definition) is 2. The molecule has 0 unspecified atom stereocenters. The molecule has 0 aliphatic carbocycles. The molecular weight excluding hydrogens is 784 g/mol. The summed E-state index contributed by atoms with van der Waals surface area (Å²) in [6.07, 6.45) is 0. The fraction of sp³-hybridized carbons (Fsp3) is 0.0323. The van der Waals surface area contributed by atoms with E-state index >= 15 is 0 Å². The Bertz CT molecular complexity index is 3350. The Kier molecular flexibility index (Phi) is 9.42. The second-order valence-corrected chi connectivity index (χ2v) is 17.4. The van der Waals surface area contributed by atoms with E-state index in [0.717, 1.165) is 11.4 Å². The van der Waals surface area contributed by atoms with E-state index in [1.54, 1.807) is 0 Å². The van der Waals surface area contributed by atoms with Crippen LogP contribution in [0.15, 0.2) is 237 Å². The van der Waals surface area contributed by atoms with Gasteiger partial charge in [0.15, 0.2) is 0 Å². The maximum Gasteiger partial charge on any atom is 0.333 e. The number of hydrogen-bond donors (Lipinski definition) is 0. The van der Waals surface area contributed by atoms with Crippen LogP contribution >= 0.6 is 0 Å². The second kappa shape index (κ2) is 15.9. The van der Waals surface area contributed by atoms with E-state index in [2.05, 4.69) is 260 Å². The van der Waals surface area contributed by atoms with E-state index in [1.165, 1.54) is 106 Å². The fourth-order valence-corrected chi connectivity index (χ4v) is 10.4.